The summed E-state index contributed by atoms with van der Waals surface area (Å²) in [6, 6.07) is 21.8. The highest BCUT2D eigenvalue weighted by atomic mass is 19.1. The van der Waals surface area contributed by atoms with E-state index >= 15 is 0 Å². The van der Waals surface area contributed by atoms with Crippen molar-refractivity contribution in [3.8, 4) is 23.0 Å². The van der Waals surface area contributed by atoms with Gasteiger partial charge in [-0.3, -0.25) is 4.98 Å². The lowest BCUT2D eigenvalue weighted by Crippen LogP contribution is -1.94. The summed E-state index contributed by atoms with van der Waals surface area (Å²) in [5.74, 6) is -0.304. The molecular formula is C24H17FN4. The van der Waals surface area contributed by atoms with Crippen LogP contribution >= 0.6 is 0 Å². The highest BCUT2D eigenvalue weighted by Gasteiger charge is 2.13. The molecule has 4 nitrogen and oxygen atoms in total. The average Bonchev–Trinajstić information content (AvgIpc) is 3.17. The predicted octanol–water partition coefficient (Wildman–Crippen LogP) is 5.45. The topological polar surface area (TPSA) is 54.5 Å². The monoisotopic (exact) mass is 380 g/mol. The van der Waals surface area contributed by atoms with E-state index in [1.807, 2.05) is 49.5 Å². The fourth-order valence-electron chi connectivity index (χ4n) is 3.00. The smallest absolute Gasteiger partial charge is 0.123 e. The Bertz CT molecular complexity index is 1200. The van der Waals surface area contributed by atoms with Gasteiger partial charge in [-0.25, -0.2) is 9.07 Å². The summed E-state index contributed by atoms with van der Waals surface area (Å²) >= 11 is 0. The zero-order chi connectivity index (χ0) is 20.2. The van der Waals surface area contributed by atoms with Gasteiger partial charge in [-0.2, -0.15) is 10.4 Å². The van der Waals surface area contributed by atoms with Crippen LogP contribution in [0.2, 0.25) is 0 Å². The number of hydrogen-bond donors (Lipinski definition) is 0. The van der Waals surface area contributed by atoms with Crippen molar-refractivity contribution >= 4 is 11.6 Å². The highest BCUT2D eigenvalue weighted by molar-refractivity contribution is 5.91. The number of rotatable bonds is 4. The van der Waals surface area contributed by atoms with E-state index in [9.17, 15) is 9.65 Å². The number of pyridine rings is 1. The van der Waals surface area contributed by atoms with Gasteiger partial charge in [0.05, 0.1) is 22.6 Å². The van der Waals surface area contributed by atoms with Crippen LogP contribution in [-0.2, 0) is 0 Å². The number of aromatic nitrogens is 3. The molecule has 4 aromatic rings. The summed E-state index contributed by atoms with van der Waals surface area (Å²) < 4.78 is 15.0. The normalized spacial score (nSPS) is 11.3. The van der Waals surface area contributed by atoms with E-state index in [-0.39, 0.29) is 5.82 Å². The molecule has 4 rings (SSSR count). The Balaban J connectivity index is 1.87. The minimum atomic E-state index is -0.304. The molecule has 29 heavy (non-hydrogen) atoms. The van der Waals surface area contributed by atoms with Crippen LogP contribution in [0.4, 0.5) is 4.39 Å². The first-order chi connectivity index (χ1) is 14.1. The molecule has 0 radical (unpaired) electrons. The molecule has 0 spiro atoms. The quantitative estimate of drug-likeness (QED) is 0.443. The van der Waals surface area contributed by atoms with Gasteiger partial charge in [0, 0.05) is 23.5 Å². The first kappa shape index (κ1) is 18.3. The molecule has 5 heteroatoms. The van der Waals surface area contributed by atoms with Crippen LogP contribution in [0, 0.1) is 24.1 Å². The number of aryl methyl sites for hydroxylation is 1. The second kappa shape index (κ2) is 7.91. The third-order valence-electron chi connectivity index (χ3n) is 4.52. The average molecular weight is 380 g/mol. The molecule has 0 aliphatic heterocycles. The summed E-state index contributed by atoms with van der Waals surface area (Å²) in [5.41, 5.74) is 5.36. The largest absolute Gasteiger partial charge is 0.256 e. The number of allylic oxidation sites excluding steroid dienone is 1. The van der Waals surface area contributed by atoms with E-state index in [1.54, 1.807) is 35.2 Å². The van der Waals surface area contributed by atoms with Crippen molar-refractivity contribution in [2.45, 2.75) is 6.92 Å². The minimum Gasteiger partial charge on any atom is -0.256 e. The van der Waals surface area contributed by atoms with E-state index in [0.29, 0.717) is 11.3 Å². The number of benzene rings is 2. The molecule has 2 aromatic heterocycles. The summed E-state index contributed by atoms with van der Waals surface area (Å²) in [7, 11) is 0. The van der Waals surface area contributed by atoms with Crippen molar-refractivity contribution < 1.29 is 4.39 Å². The van der Waals surface area contributed by atoms with Crippen molar-refractivity contribution in [3.05, 3.63) is 102 Å². The second-order valence-electron chi connectivity index (χ2n) is 6.60. The fourth-order valence-corrected chi connectivity index (χ4v) is 3.00. The molecule has 2 aromatic carbocycles. The summed E-state index contributed by atoms with van der Waals surface area (Å²) in [6.07, 6.45) is 5.27. The molecular weight excluding hydrogens is 363 g/mol. The number of nitrogens with zero attached hydrogens (tertiary/aromatic N) is 4. The lowest BCUT2D eigenvalue weighted by molar-refractivity contribution is 0.627. The SMILES string of the molecule is Cc1ccc(-c2nn(-c3ccc(F)cc3)cc2/C=C(/C#N)c2ccccn2)cc1. The van der Waals surface area contributed by atoms with Crippen molar-refractivity contribution in [2.75, 3.05) is 0 Å². The molecule has 0 bridgehead atoms. The second-order valence-corrected chi connectivity index (χ2v) is 6.60. The van der Waals surface area contributed by atoms with E-state index in [0.717, 1.165) is 28.1 Å². The fraction of sp³-hybridized carbons (Fsp3) is 0.0417. The molecule has 0 amide bonds. The van der Waals surface area contributed by atoms with Gasteiger partial charge in [0.15, 0.2) is 0 Å². The minimum absolute atomic E-state index is 0.304. The molecule has 0 unspecified atom stereocenters. The molecule has 0 N–H and O–H groups in total. The first-order valence-corrected chi connectivity index (χ1v) is 9.10. The van der Waals surface area contributed by atoms with Crippen molar-refractivity contribution in [1.82, 2.24) is 14.8 Å². The number of halogens is 1. The Morgan fingerprint density at radius 1 is 1.03 bits per heavy atom. The van der Waals surface area contributed by atoms with Gasteiger partial charge >= 0.3 is 0 Å². The Hall–Kier alpha value is -4.04. The maximum Gasteiger partial charge on any atom is 0.123 e. The van der Waals surface area contributed by atoms with Gasteiger partial charge in [0.2, 0.25) is 0 Å². The molecule has 0 atom stereocenters. The van der Waals surface area contributed by atoms with Crippen LogP contribution < -0.4 is 0 Å². The predicted molar refractivity (Wildman–Crippen MR) is 111 cm³/mol. The summed E-state index contributed by atoms with van der Waals surface area (Å²) in [5, 5.41) is 14.4. The molecule has 0 fully saturated rings. The van der Waals surface area contributed by atoms with E-state index in [4.69, 9.17) is 5.10 Å². The van der Waals surface area contributed by atoms with Crippen LogP contribution in [0.1, 0.15) is 16.8 Å². The zero-order valence-electron chi connectivity index (χ0n) is 15.7. The van der Waals surface area contributed by atoms with Crippen LogP contribution in [0.3, 0.4) is 0 Å². The molecule has 0 saturated heterocycles. The molecule has 140 valence electrons. The van der Waals surface area contributed by atoms with Crippen molar-refractivity contribution in [1.29, 1.82) is 5.26 Å². The molecule has 0 aliphatic carbocycles. The summed E-state index contributed by atoms with van der Waals surface area (Å²) in [6.45, 7) is 2.02. The van der Waals surface area contributed by atoms with Crippen molar-refractivity contribution in [3.63, 3.8) is 0 Å². The van der Waals surface area contributed by atoms with Crippen LogP contribution in [-0.4, -0.2) is 14.8 Å². The first-order valence-electron chi connectivity index (χ1n) is 9.10. The maximum absolute atomic E-state index is 13.3. The lowest BCUT2D eigenvalue weighted by Gasteiger charge is -2.02. The Morgan fingerprint density at radius 2 is 1.79 bits per heavy atom. The third-order valence-corrected chi connectivity index (χ3v) is 4.52. The van der Waals surface area contributed by atoms with E-state index in [1.165, 1.54) is 12.1 Å². The standard InChI is InChI=1S/C24H17FN4/c1-17-5-7-18(8-6-17)24-20(14-19(15-26)23-4-2-3-13-27-23)16-29(28-24)22-11-9-21(25)10-12-22/h2-14,16H,1H3/b19-14-. The van der Waals surface area contributed by atoms with Gasteiger partial charge in [-0.15, -0.1) is 0 Å². The maximum atomic E-state index is 13.3. The van der Waals surface area contributed by atoms with Gasteiger partial charge < -0.3 is 0 Å². The van der Waals surface area contributed by atoms with Crippen LogP contribution in [0.25, 0.3) is 28.6 Å². The molecule has 0 saturated carbocycles. The van der Waals surface area contributed by atoms with Crippen LogP contribution in [0.15, 0.2) is 79.1 Å². The van der Waals surface area contributed by atoms with Gasteiger partial charge in [0.25, 0.3) is 0 Å². The van der Waals surface area contributed by atoms with E-state index < -0.39 is 0 Å². The van der Waals surface area contributed by atoms with Gasteiger partial charge in [0.1, 0.15) is 11.9 Å². The number of nitriles is 1. The van der Waals surface area contributed by atoms with Crippen LogP contribution in [0.5, 0.6) is 0 Å². The number of hydrogen-bond acceptors (Lipinski definition) is 3. The molecule has 2 heterocycles. The Labute approximate surface area is 168 Å². The van der Waals surface area contributed by atoms with Gasteiger partial charge in [-0.05, 0) is 49.4 Å². The van der Waals surface area contributed by atoms with Gasteiger partial charge in [-0.1, -0.05) is 35.9 Å². The summed E-state index contributed by atoms with van der Waals surface area (Å²) in [4.78, 5) is 4.28. The molecule has 0 aliphatic rings. The third kappa shape index (κ3) is 3.97. The zero-order valence-corrected chi connectivity index (χ0v) is 15.7. The Kier molecular flexibility index (Phi) is 5.00. The lowest BCUT2D eigenvalue weighted by atomic mass is 10.0. The van der Waals surface area contributed by atoms with Crippen molar-refractivity contribution in [2.24, 2.45) is 0 Å². The Morgan fingerprint density at radius 3 is 2.45 bits per heavy atom. The van der Waals surface area contributed by atoms with E-state index in [2.05, 4.69) is 11.1 Å². The highest BCUT2D eigenvalue weighted by Crippen LogP contribution is 2.27.